The van der Waals surface area contributed by atoms with Crippen molar-refractivity contribution in [1.29, 1.82) is 0 Å². The first kappa shape index (κ1) is 33.0. The molecule has 5 heteroatoms. The van der Waals surface area contributed by atoms with Gasteiger partial charge in [0, 0.05) is 6.07 Å². The van der Waals surface area contributed by atoms with Gasteiger partial charge in [-0.05, 0) is 59.7 Å². The Balaban J connectivity index is 1.43. The molecule has 3 rings (SSSR count). The van der Waals surface area contributed by atoms with E-state index in [1.807, 2.05) is 26.0 Å². The second-order valence-corrected chi connectivity index (χ2v) is 11.3. The van der Waals surface area contributed by atoms with Gasteiger partial charge >= 0.3 is 11.9 Å². The molecule has 0 spiro atoms. The number of esters is 2. The van der Waals surface area contributed by atoms with Gasteiger partial charge in [0.2, 0.25) is 0 Å². The Labute approximate surface area is 251 Å². The molecule has 0 fully saturated rings. The van der Waals surface area contributed by atoms with Gasteiger partial charge in [-0.15, -0.1) is 0 Å². The van der Waals surface area contributed by atoms with Crippen LogP contribution in [-0.4, -0.2) is 18.5 Å². The number of hydrogen-bond acceptors (Lipinski definition) is 4. The summed E-state index contributed by atoms with van der Waals surface area (Å²) in [5.41, 5.74) is 3.61. The lowest BCUT2D eigenvalue weighted by Crippen LogP contribution is -2.13. The van der Waals surface area contributed by atoms with E-state index in [1.165, 1.54) is 81.9 Å². The summed E-state index contributed by atoms with van der Waals surface area (Å²) in [7, 11) is 0. The largest absolute Gasteiger partial charge is 0.462 e. The fourth-order valence-electron chi connectivity index (χ4n) is 4.78. The van der Waals surface area contributed by atoms with E-state index in [-0.39, 0.29) is 23.8 Å². The molecule has 0 amide bonds. The second kappa shape index (κ2) is 18.1. The van der Waals surface area contributed by atoms with Gasteiger partial charge in [0.15, 0.2) is 0 Å². The Morgan fingerprint density at radius 2 is 1.29 bits per heavy atom. The van der Waals surface area contributed by atoms with E-state index in [0.29, 0.717) is 5.56 Å². The Morgan fingerprint density at radius 3 is 1.86 bits per heavy atom. The number of unbranched alkanes of at least 4 members (excludes halogenated alkanes) is 9. The van der Waals surface area contributed by atoms with Crippen LogP contribution >= 0.6 is 0 Å². The molecule has 0 aromatic heterocycles. The van der Waals surface area contributed by atoms with Gasteiger partial charge in [-0.3, -0.25) is 0 Å². The normalized spacial score (nSPS) is 11.7. The molecule has 0 aliphatic heterocycles. The zero-order valence-electron chi connectivity index (χ0n) is 25.6. The zero-order valence-corrected chi connectivity index (χ0v) is 25.6. The minimum absolute atomic E-state index is 0.0260. The molecule has 226 valence electrons. The fraction of sp³-hybridized carbons (Fsp3) is 0.459. The smallest absolute Gasteiger partial charge is 0.343 e. The van der Waals surface area contributed by atoms with Crippen molar-refractivity contribution in [3.05, 3.63) is 89.2 Å². The second-order valence-electron chi connectivity index (χ2n) is 11.3. The van der Waals surface area contributed by atoms with Crippen molar-refractivity contribution in [3.8, 4) is 16.9 Å². The standard InChI is InChI=1S/C37H47FO4/c1-4-6-7-8-9-10-11-12-13-14-15-29-16-18-30(19-17-29)31-20-22-32(23-21-31)36(39)42-33-24-25-34(35(38)26-33)37(40)41-27-28(3)5-2/h16-26,28H,4-15,27H2,1-3H3/t28-/m0/s1. The summed E-state index contributed by atoms with van der Waals surface area (Å²) >= 11 is 0. The number of benzene rings is 3. The molecule has 0 saturated carbocycles. The van der Waals surface area contributed by atoms with Crippen LogP contribution in [-0.2, 0) is 11.2 Å². The average molecular weight is 575 g/mol. The number of aryl methyl sites for hydroxylation is 1. The molecule has 1 atom stereocenters. The Bertz CT molecular complexity index is 1230. The van der Waals surface area contributed by atoms with Gasteiger partial charge in [-0.25, -0.2) is 14.0 Å². The summed E-state index contributed by atoms with van der Waals surface area (Å²) in [5, 5.41) is 0. The molecule has 42 heavy (non-hydrogen) atoms. The highest BCUT2D eigenvalue weighted by Gasteiger charge is 2.17. The van der Waals surface area contributed by atoms with Crippen molar-refractivity contribution in [3.63, 3.8) is 0 Å². The van der Waals surface area contributed by atoms with E-state index < -0.39 is 17.8 Å². The van der Waals surface area contributed by atoms with Crippen LogP contribution in [0.2, 0.25) is 0 Å². The minimum atomic E-state index is -0.790. The van der Waals surface area contributed by atoms with Crippen LogP contribution in [0.1, 0.15) is 118 Å². The van der Waals surface area contributed by atoms with Crippen molar-refractivity contribution >= 4 is 11.9 Å². The van der Waals surface area contributed by atoms with E-state index in [4.69, 9.17) is 9.47 Å². The lowest BCUT2D eigenvalue weighted by atomic mass is 10.00. The third-order valence-electron chi connectivity index (χ3n) is 7.79. The highest BCUT2D eigenvalue weighted by Crippen LogP contribution is 2.23. The zero-order chi connectivity index (χ0) is 30.2. The molecule has 0 radical (unpaired) electrons. The molecular formula is C37H47FO4. The molecule has 3 aromatic carbocycles. The highest BCUT2D eigenvalue weighted by atomic mass is 19.1. The molecule has 0 unspecified atom stereocenters. The molecule has 0 heterocycles. The average Bonchev–Trinajstić information content (AvgIpc) is 3.01. The number of ether oxygens (including phenoxy) is 2. The van der Waals surface area contributed by atoms with E-state index >= 15 is 0 Å². The van der Waals surface area contributed by atoms with E-state index in [2.05, 4.69) is 31.2 Å². The first-order valence-corrected chi connectivity index (χ1v) is 15.8. The van der Waals surface area contributed by atoms with Crippen LogP contribution in [0.4, 0.5) is 4.39 Å². The van der Waals surface area contributed by atoms with Crippen molar-refractivity contribution in [2.24, 2.45) is 5.92 Å². The molecule has 0 aliphatic carbocycles. The lowest BCUT2D eigenvalue weighted by molar-refractivity contribution is 0.0441. The third kappa shape index (κ3) is 11.1. The molecule has 3 aromatic rings. The quantitative estimate of drug-likeness (QED) is 0.0861. The third-order valence-corrected chi connectivity index (χ3v) is 7.79. The Morgan fingerprint density at radius 1 is 0.714 bits per heavy atom. The topological polar surface area (TPSA) is 52.6 Å². The predicted octanol–water partition coefficient (Wildman–Crippen LogP) is 10.4. The van der Waals surface area contributed by atoms with Gasteiger partial charge < -0.3 is 9.47 Å². The molecule has 0 bridgehead atoms. The van der Waals surface area contributed by atoms with Gasteiger partial charge in [0.25, 0.3) is 0 Å². The monoisotopic (exact) mass is 574 g/mol. The van der Waals surface area contributed by atoms with Crippen molar-refractivity contribution in [2.45, 2.75) is 97.8 Å². The van der Waals surface area contributed by atoms with Crippen molar-refractivity contribution in [1.82, 2.24) is 0 Å². The van der Waals surface area contributed by atoms with Gasteiger partial charge in [-0.1, -0.05) is 121 Å². The van der Waals surface area contributed by atoms with Gasteiger partial charge in [0.05, 0.1) is 17.7 Å². The van der Waals surface area contributed by atoms with Crippen molar-refractivity contribution in [2.75, 3.05) is 6.61 Å². The molecule has 4 nitrogen and oxygen atoms in total. The maximum atomic E-state index is 14.5. The van der Waals surface area contributed by atoms with Crippen LogP contribution in [0.25, 0.3) is 11.1 Å². The number of carbonyl (C=O) groups is 2. The predicted molar refractivity (Wildman–Crippen MR) is 169 cm³/mol. The van der Waals surface area contributed by atoms with Crippen LogP contribution < -0.4 is 4.74 Å². The summed E-state index contributed by atoms with van der Waals surface area (Å²) in [6.45, 7) is 6.44. The molecular weight excluding hydrogens is 527 g/mol. The van der Waals surface area contributed by atoms with E-state index in [9.17, 15) is 14.0 Å². The van der Waals surface area contributed by atoms with E-state index in [1.54, 1.807) is 12.1 Å². The maximum absolute atomic E-state index is 14.5. The first-order valence-electron chi connectivity index (χ1n) is 15.8. The van der Waals surface area contributed by atoms with Gasteiger partial charge in [0.1, 0.15) is 11.6 Å². The van der Waals surface area contributed by atoms with Crippen LogP contribution in [0.15, 0.2) is 66.7 Å². The summed E-state index contributed by atoms with van der Waals surface area (Å²) in [6, 6.07) is 19.5. The van der Waals surface area contributed by atoms with Crippen LogP contribution in [0.5, 0.6) is 5.75 Å². The van der Waals surface area contributed by atoms with E-state index in [0.717, 1.165) is 30.0 Å². The maximum Gasteiger partial charge on any atom is 0.343 e. The summed E-state index contributed by atoms with van der Waals surface area (Å²) in [5.74, 6) is -1.89. The van der Waals surface area contributed by atoms with Crippen LogP contribution in [0.3, 0.4) is 0 Å². The Hall–Kier alpha value is -3.47. The molecule has 0 N–H and O–H groups in total. The Kier molecular flexibility index (Phi) is 14.3. The number of rotatable bonds is 18. The minimum Gasteiger partial charge on any atom is -0.462 e. The lowest BCUT2D eigenvalue weighted by Gasteiger charge is -2.11. The van der Waals surface area contributed by atoms with Crippen molar-refractivity contribution < 1.29 is 23.5 Å². The number of hydrogen-bond donors (Lipinski definition) is 0. The highest BCUT2D eigenvalue weighted by molar-refractivity contribution is 5.92. The molecule has 0 aliphatic rings. The first-order chi connectivity index (χ1) is 20.4. The molecule has 0 saturated heterocycles. The SMILES string of the molecule is CCCCCCCCCCCCc1ccc(-c2ccc(C(=O)Oc3ccc(C(=O)OC[C@@H](C)CC)c(F)c3)cc2)cc1. The van der Waals surface area contributed by atoms with Gasteiger partial charge in [-0.2, -0.15) is 0 Å². The summed E-state index contributed by atoms with van der Waals surface area (Å²) in [4.78, 5) is 24.8. The summed E-state index contributed by atoms with van der Waals surface area (Å²) < 4.78 is 25.0. The number of carbonyl (C=O) groups excluding carboxylic acids is 2. The van der Waals surface area contributed by atoms with Crippen LogP contribution in [0, 0.1) is 11.7 Å². The fourth-order valence-corrected chi connectivity index (χ4v) is 4.78. The summed E-state index contributed by atoms with van der Waals surface area (Å²) in [6.07, 6.45) is 15.4. The number of halogens is 1.